The van der Waals surface area contributed by atoms with E-state index in [4.69, 9.17) is 9.26 Å². The van der Waals surface area contributed by atoms with E-state index in [0.29, 0.717) is 30.3 Å². The maximum Gasteiger partial charge on any atom is 0.336 e. The molecule has 0 saturated carbocycles. The van der Waals surface area contributed by atoms with E-state index >= 15 is 0 Å². The summed E-state index contributed by atoms with van der Waals surface area (Å²) >= 11 is 0. The molecule has 144 valence electrons. The molecule has 9 heteroatoms. The van der Waals surface area contributed by atoms with E-state index in [0.717, 1.165) is 11.1 Å². The van der Waals surface area contributed by atoms with Gasteiger partial charge in [-0.05, 0) is 24.6 Å². The zero-order valence-corrected chi connectivity index (χ0v) is 15.4. The summed E-state index contributed by atoms with van der Waals surface area (Å²) in [4.78, 5) is 12.8. The zero-order valence-electron chi connectivity index (χ0n) is 15.4. The van der Waals surface area contributed by atoms with Gasteiger partial charge in [-0.15, -0.1) is 0 Å². The molecule has 4 rings (SSSR count). The van der Waals surface area contributed by atoms with E-state index in [1.54, 1.807) is 24.2 Å². The summed E-state index contributed by atoms with van der Waals surface area (Å²) in [5, 5.41) is 18.3. The Morgan fingerprint density at radius 1 is 1.21 bits per heavy atom. The second kappa shape index (κ2) is 7.10. The van der Waals surface area contributed by atoms with E-state index in [9.17, 15) is 9.90 Å². The lowest BCUT2D eigenvalue weighted by Crippen LogP contribution is -2.23. The molecule has 0 aliphatic rings. The van der Waals surface area contributed by atoms with E-state index in [1.807, 2.05) is 31.2 Å². The van der Waals surface area contributed by atoms with Crippen molar-refractivity contribution in [2.75, 3.05) is 7.11 Å². The Labute approximate surface area is 160 Å². The van der Waals surface area contributed by atoms with Gasteiger partial charge in [0.05, 0.1) is 44.5 Å². The summed E-state index contributed by atoms with van der Waals surface area (Å²) < 4.78 is 14.6. The van der Waals surface area contributed by atoms with Crippen molar-refractivity contribution in [3.8, 4) is 17.3 Å². The number of imidazole rings is 1. The van der Waals surface area contributed by atoms with Gasteiger partial charge in [-0.2, -0.15) is 5.10 Å². The third kappa shape index (κ3) is 3.29. The van der Waals surface area contributed by atoms with Crippen LogP contribution in [0.25, 0.3) is 5.69 Å². The van der Waals surface area contributed by atoms with Crippen molar-refractivity contribution in [3.63, 3.8) is 0 Å². The molecule has 0 aliphatic heterocycles. The molecule has 4 aromatic rings. The molecule has 0 fully saturated rings. The van der Waals surface area contributed by atoms with Crippen molar-refractivity contribution in [2.45, 2.75) is 20.0 Å². The molecule has 3 aromatic heterocycles. The summed E-state index contributed by atoms with van der Waals surface area (Å²) in [5.41, 5.74) is 1.89. The molecule has 0 atom stereocenters. The molecular weight excluding hydrogens is 362 g/mol. The van der Waals surface area contributed by atoms with E-state index in [-0.39, 0.29) is 11.6 Å². The molecule has 0 saturated heterocycles. The summed E-state index contributed by atoms with van der Waals surface area (Å²) in [5.74, 6) is 1.26. The molecule has 28 heavy (non-hydrogen) atoms. The molecule has 0 radical (unpaired) electrons. The van der Waals surface area contributed by atoms with Crippen molar-refractivity contribution >= 4 is 0 Å². The van der Waals surface area contributed by atoms with Crippen LogP contribution in [0.4, 0.5) is 0 Å². The number of aromatic nitrogens is 5. The number of benzene rings is 1. The lowest BCUT2D eigenvalue weighted by atomic mass is 10.2. The average Bonchev–Trinajstić information content (AvgIpc) is 3.37. The van der Waals surface area contributed by atoms with Crippen LogP contribution in [0.1, 0.15) is 16.9 Å². The quantitative estimate of drug-likeness (QED) is 0.548. The van der Waals surface area contributed by atoms with Crippen LogP contribution in [0.5, 0.6) is 11.6 Å². The maximum absolute atomic E-state index is 12.8. The summed E-state index contributed by atoms with van der Waals surface area (Å²) in [6.07, 6.45) is 6.25. The van der Waals surface area contributed by atoms with Gasteiger partial charge < -0.3 is 14.4 Å². The number of hydrogen-bond acceptors (Lipinski definition) is 6. The van der Waals surface area contributed by atoms with Crippen molar-refractivity contribution in [1.29, 1.82) is 0 Å². The fourth-order valence-electron chi connectivity index (χ4n) is 3.00. The number of rotatable bonds is 6. The Balaban J connectivity index is 1.61. The lowest BCUT2D eigenvalue weighted by Gasteiger charge is -2.04. The largest absolute Gasteiger partial charge is 0.497 e. The van der Waals surface area contributed by atoms with Gasteiger partial charge in [-0.25, -0.2) is 9.36 Å². The van der Waals surface area contributed by atoms with E-state index in [2.05, 4.69) is 10.3 Å². The van der Waals surface area contributed by atoms with Gasteiger partial charge >= 0.3 is 5.69 Å². The fraction of sp³-hybridized carbons (Fsp3) is 0.211. The van der Waals surface area contributed by atoms with Crippen LogP contribution < -0.4 is 10.4 Å². The van der Waals surface area contributed by atoms with Gasteiger partial charge in [0, 0.05) is 11.8 Å². The zero-order chi connectivity index (χ0) is 19.7. The second-order valence-corrected chi connectivity index (χ2v) is 6.39. The van der Waals surface area contributed by atoms with Crippen molar-refractivity contribution in [1.82, 2.24) is 24.1 Å². The average molecular weight is 381 g/mol. The molecule has 0 aliphatic carbocycles. The van der Waals surface area contributed by atoms with Gasteiger partial charge in [0.15, 0.2) is 0 Å². The second-order valence-electron chi connectivity index (χ2n) is 6.39. The number of aromatic hydroxyl groups is 1. The van der Waals surface area contributed by atoms with Crippen LogP contribution in [0.3, 0.4) is 0 Å². The molecule has 3 heterocycles. The molecule has 1 N–H and O–H groups in total. The minimum atomic E-state index is -0.360. The highest BCUT2D eigenvalue weighted by molar-refractivity contribution is 5.32. The standard InChI is InChI=1S/C19H19N5O4/c1-13-15(7-21-28-13)10-23-11-16(8-20-23)24-18(25)12-22(19(24)26)9-14-4-3-5-17(6-14)27-2/h3-8,11-12,25H,9-10H2,1-2H3. The molecule has 0 spiro atoms. The number of nitrogens with zero attached hydrogens (tertiary/aromatic N) is 5. The fourth-order valence-corrected chi connectivity index (χ4v) is 3.00. The van der Waals surface area contributed by atoms with Gasteiger partial charge in [0.2, 0.25) is 5.88 Å². The van der Waals surface area contributed by atoms with Crippen LogP contribution in [-0.4, -0.2) is 36.3 Å². The van der Waals surface area contributed by atoms with Crippen LogP contribution >= 0.6 is 0 Å². The van der Waals surface area contributed by atoms with Crippen LogP contribution in [-0.2, 0) is 13.1 Å². The van der Waals surface area contributed by atoms with Gasteiger partial charge in [-0.1, -0.05) is 17.3 Å². The van der Waals surface area contributed by atoms with Crippen molar-refractivity contribution in [2.24, 2.45) is 0 Å². The Morgan fingerprint density at radius 3 is 2.82 bits per heavy atom. The van der Waals surface area contributed by atoms with Crippen LogP contribution in [0.2, 0.25) is 0 Å². The van der Waals surface area contributed by atoms with Crippen LogP contribution in [0.15, 0.2) is 58.4 Å². The SMILES string of the molecule is COc1cccc(Cn2cc(O)n(-c3cnn(Cc4cnoc4C)c3)c2=O)c1. The maximum atomic E-state index is 12.8. The molecular formula is C19H19N5O4. The van der Waals surface area contributed by atoms with Gasteiger partial charge in [0.1, 0.15) is 11.5 Å². The van der Waals surface area contributed by atoms with Crippen LogP contribution in [0, 0.1) is 6.92 Å². The number of aryl methyl sites for hydroxylation is 1. The monoisotopic (exact) mass is 381 g/mol. The first-order valence-electron chi connectivity index (χ1n) is 8.62. The van der Waals surface area contributed by atoms with E-state index < -0.39 is 0 Å². The Kier molecular flexibility index (Phi) is 4.48. The predicted octanol–water partition coefficient (Wildman–Crippen LogP) is 1.94. The third-order valence-electron chi connectivity index (χ3n) is 4.49. The Bertz CT molecular complexity index is 1170. The predicted molar refractivity (Wildman–Crippen MR) is 99.9 cm³/mol. The first-order chi connectivity index (χ1) is 13.5. The lowest BCUT2D eigenvalue weighted by molar-refractivity contribution is 0.395. The topological polar surface area (TPSA) is 100 Å². The number of methoxy groups -OCH3 is 1. The molecule has 9 nitrogen and oxygen atoms in total. The highest BCUT2D eigenvalue weighted by atomic mass is 16.5. The smallest absolute Gasteiger partial charge is 0.336 e. The summed E-state index contributed by atoms with van der Waals surface area (Å²) in [7, 11) is 1.59. The Hall–Kier alpha value is -3.75. The summed E-state index contributed by atoms with van der Waals surface area (Å²) in [6.45, 7) is 2.59. The third-order valence-corrected chi connectivity index (χ3v) is 4.49. The van der Waals surface area contributed by atoms with E-state index in [1.165, 1.54) is 21.5 Å². The minimum Gasteiger partial charge on any atom is -0.497 e. The van der Waals surface area contributed by atoms with Gasteiger partial charge in [0.25, 0.3) is 0 Å². The first kappa shape index (κ1) is 17.7. The number of ether oxygens (including phenoxy) is 1. The summed E-state index contributed by atoms with van der Waals surface area (Å²) in [6, 6.07) is 7.43. The van der Waals surface area contributed by atoms with Gasteiger partial charge in [-0.3, -0.25) is 9.25 Å². The van der Waals surface area contributed by atoms with Crippen molar-refractivity contribution in [3.05, 3.63) is 76.4 Å². The highest BCUT2D eigenvalue weighted by Gasteiger charge is 2.15. The van der Waals surface area contributed by atoms with Crippen molar-refractivity contribution < 1.29 is 14.4 Å². The normalized spacial score (nSPS) is 11.1. The number of hydrogen-bond donors (Lipinski definition) is 1. The minimum absolute atomic E-state index is 0.159. The highest BCUT2D eigenvalue weighted by Crippen LogP contribution is 2.17. The first-order valence-corrected chi connectivity index (χ1v) is 8.62. The molecule has 0 bridgehead atoms. The Morgan fingerprint density at radius 2 is 2.07 bits per heavy atom. The molecule has 1 aromatic carbocycles. The molecule has 0 amide bonds. The molecule has 0 unspecified atom stereocenters.